The molecular formula is C14H19NO2. The molecule has 3 nitrogen and oxygen atoms in total. The van der Waals surface area contributed by atoms with Crippen molar-refractivity contribution in [3.63, 3.8) is 0 Å². The first-order valence-electron chi connectivity index (χ1n) is 5.68. The second-order valence-electron chi connectivity index (χ2n) is 3.96. The van der Waals surface area contributed by atoms with Gasteiger partial charge in [-0.1, -0.05) is 24.3 Å². The fourth-order valence-corrected chi connectivity index (χ4v) is 1.67. The number of nitrogens with zero attached hydrogens (tertiary/aromatic N) is 1. The number of hydroxylamine groups is 1. The highest BCUT2D eigenvalue weighted by Gasteiger charge is 2.16. The zero-order valence-corrected chi connectivity index (χ0v) is 10.7. The van der Waals surface area contributed by atoms with E-state index >= 15 is 0 Å². The molecule has 0 bridgehead atoms. The lowest BCUT2D eigenvalue weighted by Crippen LogP contribution is -2.30. The lowest BCUT2D eigenvalue weighted by molar-refractivity contribution is -0.123. The second kappa shape index (κ2) is 6.21. The van der Waals surface area contributed by atoms with Crippen molar-refractivity contribution in [2.24, 2.45) is 0 Å². The minimum absolute atomic E-state index is 0.119. The third-order valence-corrected chi connectivity index (χ3v) is 2.47. The van der Waals surface area contributed by atoms with Gasteiger partial charge in [0.05, 0.1) is 12.3 Å². The van der Waals surface area contributed by atoms with Gasteiger partial charge in [0, 0.05) is 6.92 Å². The molecule has 0 heterocycles. The summed E-state index contributed by atoms with van der Waals surface area (Å²) in [6, 6.07) is 5.90. The smallest absolute Gasteiger partial charge is 0.247 e. The quantitative estimate of drug-likeness (QED) is 0.444. The summed E-state index contributed by atoms with van der Waals surface area (Å²) in [5, 5.41) is 1.37. The number of amides is 1. The van der Waals surface area contributed by atoms with E-state index in [0.717, 1.165) is 16.8 Å². The Hall–Kier alpha value is -1.61. The van der Waals surface area contributed by atoms with Gasteiger partial charge in [0.25, 0.3) is 0 Å². The minimum Gasteiger partial charge on any atom is -0.273 e. The number of rotatable bonds is 5. The van der Waals surface area contributed by atoms with Crippen LogP contribution in [-0.4, -0.2) is 12.5 Å². The molecule has 1 rings (SSSR count). The molecule has 1 aromatic carbocycles. The summed E-state index contributed by atoms with van der Waals surface area (Å²) < 4.78 is 0. The molecule has 0 aromatic heterocycles. The monoisotopic (exact) mass is 233 g/mol. The molecular weight excluding hydrogens is 214 g/mol. The summed E-state index contributed by atoms with van der Waals surface area (Å²) in [5.41, 5.74) is 2.89. The van der Waals surface area contributed by atoms with Gasteiger partial charge >= 0.3 is 0 Å². The Kier molecular flexibility index (Phi) is 4.91. The Labute approximate surface area is 103 Å². The highest BCUT2D eigenvalue weighted by molar-refractivity contribution is 5.91. The molecule has 0 N–H and O–H groups in total. The summed E-state index contributed by atoms with van der Waals surface area (Å²) in [5.74, 6) is -0.119. The number of carbonyl (C=O) groups excluding carboxylic acids is 1. The molecule has 1 aromatic rings. The summed E-state index contributed by atoms with van der Waals surface area (Å²) in [6.45, 7) is 9.52. The van der Waals surface area contributed by atoms with Crippen LogP contribution in [0, 0.1) is 13.8 Å². The number of anilines is 1. The highest BCUT2D eigenvalue weighted by atomic mass is 16.7. The lowest BCUT2D eigenvalue weighted by Gasteiger charge is -2.23. The van der Waals surface area contributed by atoms with Crippen LogP contribution in [0.2, 0.25) is 0 Å². The van der Waals surface area contributed by atoms with Crippen LogP contribution in [0.15, 0.2) is 30.9 Å². The number of carbonyl (C=O) groups is 1. The molecule has 3 heteroatoms. The second-order valence-corrected chi connectivity index (χ2v) is 3.96. The van der Waals surface area contributed by atoms with Crippen LogP contribution in [0.3, 0.4) is 0 Å². The first-order valence-corrected chi connectivity index (χ1v) is 5.68. The van der Waals surface area contributed by atoms with E-state index in [1.165, 1.54) is 12.0 Å². The third-order valence-electron chi connectivity index (χ3n) is 2.47. The number of hydrogen-bond acceptors (Lipinski definition) is 2. The number of hydrogen-bond donors (Lipinski definition) is 0. The minimum atomic E-state index is -0.119. The van der Waals surface area contributed by atoms with Crippen molar-refractivity contribution in [3.8, 4) is 0 Å². The Morgan fingerprint density at radius 3 is 2.47 bits per heavy atom. The summed E-state index contributed by atoms with van der Waals surface area (Å²) >= 11 is 0. The highest BCUT2D eigenvalue weighted by Crippen LogP contribution is 2.25. The Morgan fingerprint density at radius 1 is 1.41 bits per heavy atom. The van der Waals surface area contributed by atoms with Gasteiger partial charge < -0.3 is 0 Å². The van der Waals surface area contributed by atoms with Crippen LogP contribution in [0.4, 0.5) is 5.69 Å². The van der Waals surface area contributed by atoms with Gasteiger partial charge in [-0.2, -0.15) is 5.06 Å². The lowest BCUT2D eigenvalue weighted by atomic mass is 10.1. The fourth-order valence-electron chi connectivity index (χ4n) is 1.67. The molecule has 1 amide bonds. The van der Waals surface area contributed by atoms with Gasteiger partial charge in [-0.15, -0.1) is 6.58 Å². The van der Waals surface area contributed by atoms with E-state index in [1.54, 1.807) is 6.08 Å². The first kappa shape index (κ1) is 13.5. The number of para-hydroxylation sites is 1. The predicted octanol–water partition coefficient (Wildman–Crippen LogP) is 3.16. The van der Waals surface area contributed by atoms with Crippen molar-refractivity contribution in [2.75, 3.05) is 11.7 Å². The maximum absolute atomic E-state index is 11.6. The molecule has 17 heavy (non-hydrogen) atoms. The van der Waals surface area contributed by atoms with Gasteiger partial charge in [0.2, 0.25) is 5.91 Å². The van der Waals surface area contributed by atoms with E-state index in [2.05, 4.69) is 6.58 Å². The largest absolute Gasteiger partial charge is 0.273 e. The third kappa shape index (κ3) is 3.43. The van der Waals surface area contributed by atoms with Crippen molar-refractivity contribution < 1.29 is 9.63 Å². The van der Waals surface area contributed by atoms with Crippen LogP contribution in [-0.2, 0) is 9.63 Å². The van der Waals surface area contributed by atoms with Crippen molar-refractivity contribution in [3.05, 3.63) is 42.0 Å². The summed E-state index contributed by atoms with van der Waals surface area (Å²) in [4.78, 5) is 17.1. The predicted molar refractivity (Wildman–Crippen MR) is 69.8 cm³/mol. The van der Waals surface area contributed by atoms with Crippen molar-refractivity contribution in [1.82, 2.24) is 0 Å². The molecule has 0 aliphatic heterocycles. The molecule has 0 radical (unpaired) electrons. The maximum Gasteiger partial charge on any atom is 0.247 e. The first-order chi connectivity index (χ1) is 8.07. The topological polar surface area (TPSA) is 29.5 Å². The molecule has 0 aliphatic carbocycles. The number of aryl methyl sites for hydroxylation is 2. The van der Waals surface area contributed by atoms with Crippen LogP contribution < -0.4 is 5.06 Å². The molecule has 0 aliphatic rings. The normalized spacial score (nSPS) is 10.1. The summed E-state index contributed by atoms with van der Waals surface area (Å²) in [7, 11) is 0. The molecule has 0 saturated heterocycles. The van der Waals surface area contributed by atoms with Gasteiger partial charge in [0.1, 0.15) is 0 Å². The number of benzene rings is 1. The Balaban J connectivity index is 2.97. The molecule has 0 fully saturated rings. The average molecular weight is 233 g/mol. The summed E-state index contributed by atoms with van der Waals surface area (Å²) in [6.07, 6.45) is 2.48. The van der Waals surface area contributed by atoms with Crippen LogP contribution >= 0.6 is 0 Å². The van der Waals surface area contributed by atoms with Gasteiger partial charge in [-0.05, 0) is 31.4 Å². The molecule has 0 atom stereocenters. The standard InChI is InChI=1S/C14H19NO2/c1-5-6-10-17-15(13(4)16)14-11(2)8-7-9-12(14)3/h5,7-9H,1,6,10H2,2-4H3. The molecule has 0 spiro atoms. The molecule has 0 unspecified atom stereocenters. The van der Waals surface area contributed by atoms with Crippen molar-refractivity contribution in [2.45, 2.75) is 27.2 Å². The fraction of sp³-hybridized carbons (Fsp3) is 0.357. The SMILES string of the molecule is C=CCCON(C(C)=O)c1c(C)cccc1C. The zero-order chi connectivity index (χ0) is 12.8. The van der Waals surface area contributed by atoms with Gasteiger partial charge in [0.15, 0.2) is 0 Å². The molecule has 0 saturated carbocycles. The van der Waals surface area contributed by atoms with E-state index in [-0.39, 0.29) is 5.91 Å². The van der Waals surface area contributed by atoms with Crippen LogP contribution in [0.1, 0.15) is 24.5 Å². The van der Waals surface area contributed by atoms with E-state index in [1.807, 2.05) is 32.0 Å². The van der Waals surface area contributed by atoms with E-state index in [0.29, 0.717) is 13.0 Å². The van der Waals surface area contributed by atoms with Gasteiger partial charge in [-0.25, -0.2) is 0 Å². The van der Waals surface area contributed by atoms with Crippen molar-refractivity contribution in [1.29, 1.82) is 0 Å². The van der Waals surface area contributed by atoms with E-state index in [4.69, 9.17) is 4.84 Å². The maximum atomic E-state index is 11.6. The zero-order valence-electron chi connectivity index (χ0n) is 10.7. The van der Waals surface area contributed by atoms with Crippen LogP contribution in [0.25, 0.3) is 0 Å². The van der Waals surface area contributed by atoms with Gasteiger partial charge in [-0.3, -0.25) is 9.63 Å². The molecule has 92 valence electrons. The van der Waals surface area contributed by atoms with Crippen molar-refractivity contribution >= 4 is 11.6 Å². The van der Waals surface area contributed by atoms with E-state index in [9.17, 15) is 4.79 Å². The average Bonchev–Trinajstić information content (AvgIpc) is 2.26. The Bertz CT molecular complexity index is 392. The van der Waals surface area contributed by atoms with E-state index < -0.39 is 0 Å². The Morgan fingerprint density at radius 2 is 2.00 bits per heavy atom. The van der Waals surface area contributed by atoms with Crippen LogP contribution in [0.5, 0.6) is 0 Å².